The van der Waals surface area contributed by atoms with Crippen LogP contribution in [0.4, 0.5) is 18.9 Å². The summed E-state index contributed by atoms with van der Waals surface area (Å²) in [5, 5.41) is 4.77. The van der Waals surface area contributed by atoms with Crippen molar-refractivity contribution in [3.05, 3.63) is 64.2 Å². The van der Waals surface area contributed by atoms with Gasteiger partial charge < -0.3 is 10.6 Å². The van der Waals surface area contributed by atoms with E-state index in [1.54, 1.807) is 6.92 Å². The summed E-state index contributed by atoms with van der Waals surface area (Å²) in [6, 6.07) is 7.64. The molecule has 2 N–H and O–H groups in total. The summed E-state index contributed by atoms with van der Waals surface area (Å²) >= 11 is 0. The molecule has 144 valence electrons. The van der Waals surface area contributed by atoms with Gasteiger partial charge in [0.05, 0.1) is 11.6 Å². The van der Waals surface area contributed by atoms with Crippen LogP contribution in [-0.4, -0.2) is 11.8 Å². The molecule has 0 saturated heterocycles. The van der Waals surface area contributed by atoms with E-state index < -0.39 is 29.6 Å². The second kappa shape index (κ2) is 7.82. The Bertz CT molecular complexity index is 876. The third kappa shape index (κ3) is 5.09. The Kier molecular flexibility index (Phi) is 5.93. The van der Waals surface area contributed by atoms with Crippen molar-refractivity contribution in [2.45, 2.75) is 39.9 Å². The normalized spacial score (nSPS) is 12.4. The molecule has 2 aromatic carbocycles. The molecular weight excluding hydrogens is 357 g/mol. The lowest BCUT2D eigenvalue weighted by Gasteiger charge is -2.18. The minimum atomic E-state index is -4.53. The summed E-state index contributed by atoms with van der Waals surface area (Å²) in [4.78, 5) is 24.2. The van der Waals surface area contributed by atoms with E-state index in [0.717, 1.165) is 40.5 Å². The summed E-state index contributed by atoms with van der Waals surface area (Å²) in [6.07, 6.45) is -4.53. The second-order valence-electron chi connectivity index (χ2n) is 6.52. The molecule has 0 heterocycles. The summed E-state index contributed by atoms with van der Waals surface area (Å²) in [5.41, 5.74) is 3.03. The Balaban J connectivity index is 2.08. The number of rotatable bonds is 3. The van der Waals surface area contributed by atoms with Gasteiger partial charge >= 0.3 is 18.0 Å². The highest BCUT2D eigenvalue weighted by atomic mass is 19.4. The molecule has 4 nitrogen and oxygen atoms in total. The Morgan fingerprint density at radius 1 is 0.926 bits per heavy atom. The Morgan fingerprint density at radius 3 is 2.19 bits per heavy atom. The highest BCUT2D eigenvalue weighted by molar-refractivity contribution is 6.39. The number of aryl methyl sites for hydroxylation is 3. The van der Waals surface area contributed by atoms with Gasteiger partial charge in [-0.1, -0.05) is 18.2 Å². The highest BCUT2D eigenvalue weighted by Crippen LogP contribution is 2.30. The average Bonchev–Trinajstić information content (AvgIpc) is 2.57. The van der Waals surface area contributed by atoms with Crippen LogP contribution < -0.4 is 10.6 Å². The molecule has 1 atom stereocenters. The number of halogens is 3. The molecule has 0 unspecified atom stereocenters. The van der Waals surface area contributed by atoms with Crippen molar-refractivity contribution in [2.24, 2.45) is 0 Å². The molecule has 0 saturated carbocycles. The Hall–Kier alpha value is -2.83. The maximum atomic E-state index is 12.7. The zero-order valence-corrected chi connectivity index (χ0v) is 15.5. The number of hydrogen-bond acceptors (Lipinski definition) is 2. The fourth-order valence-electron chi connectivity index (χ4n) is 2.75. The molecule has 27 heavy (non-hydrogen) atoms. The molecule has 0 spiro atoms. The summed E-state index contributed by atoms with van der Waals surface area (Å²) in [5.74, 6) is -1.94. The molecule has 0 aliphatic heterocycles. The van der Waals surface area contributed by atoms with E-state index in [2.05, 4.69) is 10.6 Å². The molecular formula is C20H21F3N2O2. The van der Waals surface area contributed by atoms with Gasteiger partial charge in [0.1, 0.15) is 0 Å². The fraction of sp³-hybridized carbons (Fsp3) is 0.300. The lowest BCUT2D eigenvalue weighted by molar-refractivity contribution is -0.137. The summed E-state index contributed by atoms with van der Waals surface area (Å²) < 4.78 is 38.2. The van der Waals surface area contributed by atoms with E-state index in [1.165, 1.54) is 6.07 Å². The van der Waals surface area contributed by atoms with Gasteiger partial charge in [0.25, 0.3) is 0 Å². The third-order valence-corrected chi connectivity index (χ3v) is 4.35. The predicted octanol–water partition coefficient (Wildman–Crippen LogP) is 4.45. The first-order valence-electron chi connectivity index (χ1n) is 8.36. The van der Waals surface area contributed by atoms with E-state index in [1.807, 2.05) is 32.9 Å². The van der Waals surface area contributed by atoms with Crippen molar-refractivity contribution in [1.29, 1.82) is 0 Å². The topological polar surface area (TPSA) is 58.2 Å². The van der Waals surface area contributed by atoms with Gasteiger partial charge in [-0.25, -0.2) is 0 Å². The van der Waals surface area contributed by atoms with E-state index in [0.29, 0.717) is 0 Å². The first-order chi connectivity index (χ1) is 12.5. The largest absolute Gasteiger partial charge is 0.416 e. The Morgan fingerprint density at radius 2 is 1.56 bits per heavy atom. The quantitative estimate of drug-likeness (QED) is 0.776. The van der Waals surface area contributed by atoms with Crippen LogP contribution in [0, 0.1) is 20.8 Å². The number of amides is 2. The van der Waals surface area contributed by atoms with Crippen LogP contribution in [0.25, 0.3) is 0 Å². The monoisotopic (exact) mass is 378 g/mol. The zero-order chi connectivity index (χ0) is 20.4. The highest BCUT2D eigenvalue weighted by Gasteiger charge is 2.30. The third-order valence-electron chi connectivity index (χ3n) is 4.35. The van der Waals surface area contributed by atoms with Crippen molar-refractivity contribution in [3.63, 3.8) is 0 Å². The van der Waals surface area contributed by atoms with Gasteiger partial charge in [0.2, 0.25) is 0 Å². The smallest absolute Gasteiger partial charge is 0.341 e. The molecule has 0 aromatic heterocycles. The first-order valence-corrected chi connectivity index (χ1v) is 8.36. The lowest BCUT2D eigenvalue weighted by Crippen LogP contribution is -2.37. The van der Waals surface area contributed by atoms with Crippen molar-refractivity contribution >= 4 is 17.5 Å². The van der Waals surface area contributed by atoms with Gasteiger partial charge in [0, 0.05) is 5.69 Å². The number of anilines is 1. The van der Waals surface area contributed by atoms with E-state index >= 15 is 0 Å². The van der Waals surface area contributed by atoms with Gasteiger partial charge in [-0.2, -0.15) is 13.2 Å². The Labute approximate surface area is 155 Å². The van der Waals surface area contributed by atoms with Crippen molar-refractivity contribution in [3.8, 4) is 0 Å². The fourth-order valence-corrected chi connectivity index (χ4v) is 2.75. The van der Waals surface area contributed by atoms with Crippen LogP contribution in [0.2, 0.25) is 0 Å². The second-order valence-corrected chi connectivity index (χ2v) is 6.52. The van der Waals surface area contributed by atoms with E-state index in [-0.39, 0.29) is 5.69 Å². The molecule has 0 aliphatic rings. The molecule has 0 fully saturated rings. The minimum absolute atomic E-state index is 0.0972. The van der Waals surface area contributed by atoms with Crippen LogP contribution in [0.15, 0.2) is 36.4 Å². The maximum absolute atomic E-state index is 12.7. The number of nitrogens with one attached hydrogen (secondary N) is 2. The SMILES string of the molecule is Cc1cc(C)c([C@H](C)NC(=O)C(=O)Nc2cccc(C(F)(F)F)c2)cc1C. The molecule has 2 rings (SSSR count). The van der Waals surface area contributed by atoms with Crippen LogP contribution in [0.3, 0.4) is 0 Å². The van der Waals surface area contributed by atoms with E-state index in [9.17, 15) is 22.8 Å². The number of carbonyl (C=O) groups is 2. The van der Waals surface area contributed by atoms with E-state index in [4.69, 9.17) is 0 Å². The molecule has 0 bridgehead atoms. The van der Waals surface area contributed by atoms with Crippen molar-refractivity contribution in [2.75, 3.05) is 5.32 Å². The van der Waals surface area contributed by atoms with Crippen LogP contribution in [0.5, 0.6) is 0 Å². The van der Waals surface area contributed by atoms with Crippen LogP contribution in [0.1, 0.15) is 40.8 Å². The number of alkyl halides is 3. The summed E-state index contributed by atoms with van der Waals surface area (Å²) in [7, 11) is 0. The maximum Gasteiger partial charge on any atom is 0.416 e. The van der Waals surface area contributed by atoms with Gasteiger partial charge in [0.15, 0.2) is 0 Å². The molecule has 2 aromatic rings. The molecule has 7 heteroatoms. The number of hydrogen-bond donors (Lipinski definition) is 2. The summed E-state index contributed by atoms with van der Waals surface area (Å²) in [6.45, 7) is 7.59. The van der Waals surface area contributed by atoms with Crippen LogP contribution in [-0.2, 0) is 15.8 Å². The van der Waals surface area contributed by atoms with Crippen molar-refractivity contribution < 1.29 is 22.8 Å². The number of benzene rings is 2. The first kappa shape index (κ1) is 20.5. The minimum Gasteiger partial charge on any atom is -0.341 e. The van der Waals surface area contributed by atoms with Gasteiger partial charge in [-0.3, -0.25) is 9.59 Å². The lowest BCUT2D eigenvalue weighted by atomic mass is 9.96. The zero-order valence-electron chi connectivity index (χ0n) is 15.5. The van der Waals surface area contributed by atoms with Crippen molar-refractivity contribution in [1.82, 2.24) is 5.32 Å². The standard InChI is InChI=1S/C20H21F3N2O2/c1-11-8-13(3)17(9-12(11)2)14(4)24-18(26)19(27)25-16-7-5-6-15(10-16)20(21,22)23/h5-10,14H,1-4H3,(H,24,26)(H,25,27)/t14-/m0/s1. The number of carbonyl (C=O) groups excluding carboxylic acids is 2. The molecule has 0 radical (unpaired) electrons. The van der Waals surface area contributed by atoms with Gasteiger partial charge in [-0.05, 0) is 68.1 Å². The van der Waals surface area contributed by atoms with Gasteiger partial charge in [-0.15, -0.1) is 0 Å². The average molecular weight is 378 g/mol. The molecule has 2 amide bonds. The predicted molar refractivity (Wildman–Crippen MR) is 97.3 cm³/mol. The molecule has 0 aliphatic carbocycles. The van der Waals surface area contributed by atoms with Crippen LogP contribution >= 0.6 is 0 Å².